The topological polar surface area (TPSA) is 151 Å². The van der Waals surface area contributed by atoms with Crippen LogP contribution >= 0.6 is 0 Å². The molecule has 0 aliphatic carbocycles. The number of aromatic nitrogens is 1. The third kappa shape index (κ3) is 5.82. The van der Waals surface area contributed by atoms with Crippen molar-refractivity contribution >= 4 is 23.5 Å². The molecule has 0 aliphatic heterocycles. The number of ether oxygens (including phenoxy) is 2. The molecule has 0 atom stereocenters. The van der Waals surface area contributed by atoms with Crippen LogP contribution in [-0.2, 0) is 0 Å². The summed E-state index contributed by atoms with van der Waals surface area (Å²) in [7, 11) is 0. The van der Waals surface area contributed by atoms with Crippen molar-refractivity contribution in [2.75, 3.05) is 6.61 Å². The van der Waals surface area contributed by atoms with E-state index in [9.17, 15) is 25.0 Å². The smallest absolute Gasteiger partial charge is 0.318 e. The lowest BCUT2D eigenvalue weighted by Gasteiger charge is -2.12. The number of amides is 1. The van der Waals surface area contributed by atoms with Crippen LogP contribution in [0.4, 0.5) is 11.4 Å². The minimum Gasteiger partial charge on any atom is -0.490 e. The van der Waals surface area contributed by atoms with E-state index in [1.54, 1.807) is 31.2 Å². The summed E-state index contributed by atoms with van der Waals surface area (Å²) >= 11 is 0. The van der Waals surface area contributed by atoms with E-state index in [2.05, 4.69) is 10.5 Å². The molecule has 192 valence electrons. The number of nitro groups is 2. The average Bonchev–Trinajstić information content (AvgIpc) is 3.45. The van der Waals surface area contributed by atoms with Crippen molar-refractivity contribution in [2.24, 2.45) is 5.10 Å². The van der Waals surface area contributed by atoms with Crippen LogP contribution in [0, 0.1) is 20.2 Å². The second kappa shape index (κ2) is 11.5. The first-order valence-corrected chi connectivity index (χ1v) is 11.3. The van der Waals surface area contributed by atoms with Crippen molar-refractivity contribution in [2.45, 2.75) is 6.92 Å². The second-order valence-electron chi connectivity index (χ2n) is 7.71. The Labute approximate surface area is 216 Å². The van der Waals surface area contributed by atoms with Gasteiger partial charge in [0.2, 0.25) is 5.75 Å². The maximum absolute atomic E-state index is 12.8. The van der Waals surface area contributed by atoms with Gasteiger partial charge in [-0.1, -0.05) is 12.1 Å². The van der Waals surface area contributed by atoms with E-state index in [0.717, 1.165) is 18.2 Å². The van der Waals surface area contributed by atoms with Crippen LogP contribution in [0.5, 0.6) is 17.2 Å². The van der Waals surface area contributed by atoms with Gasteiger partial charge in [-0.25, -0.2) is 5.43 Å². The summed E-state index contributed by atoms with van der Waals surface area (Å²) in [6, 6.07) is 18.6. The zero-order chi connectivity index (χ0) is 27.1. The van der Waals surface area contributed by atoms with E-state index < -0.39 is 27.1 Å². The lowest BCUT2D eigenvalue weighted by molar-refractivity contribution is -0.394. The van der Waals surface area contributed by atoms with Crippen LogP contribution in [-0.4, -0.2) is 33.1 Å². The molecule has 0 spiro atoms. The van der Waals surface area contributed by atoms with Crippen LogP contribution in [0.1, 0.15) is 22.8 Å². The summed E-state index contributed by atoms with van der Waals surface area (Å²) in [5, 5.41) is 26.5. The first kappa shape index (κ1) is 25.6. The fourth-order valence-electron chi connectivity index (χ4n) is 3.54. The van der Waals surface area contributed by atoms with Crippen LogP contribution in [0.2, 0.25) is 0 Å². The van der Waals surface area contributed by atoms with Gasteiger partial charge in [0, 0.05) is 18.5 Å². The highest BCUT2D eigenvalue weighted by atomic mass is 16.6. The summed E-state index contributed by atoms with van der Waals surface area (Å²) in [6.07, 6.45) is 5.08. The van der Waals surface area contributed by atoms with Crippen molar-refractivity contribution in [3.05, 3.63) is 117 Å². The highest BCUT2D eigenvalue weighted by molar-refractivity contribution is 5.98. The zero-order valence-electron chi connectivity index (χ0n) is 20.0. The number of hydrazone groups is 1. The number of carbonyl (C=O) groups is 1. The van der Waals surface area contributed by atoms with Crippen molar-refractivity contribution in [3.63, 3.8) is 0 Å². The Kier molecular flexibility index (Phi) is 7.72. The quantitative estimate of drug-likeness (QED) is 0.172. The summed E-state index contributed by atoms with van der Waals surface area (Å²) in [4.78, 5) is 33.7. The fraction of sp³-hybridized carbons (Fsp3) is 0.0769. The van der Waals surface area contributed by atoms with Gasteiger partial charge < -0.3 is 14.0 Å². The lowest BCUT2D eigenvalue weighted by Crippen LogP contribution is -2.19. The number of carbonyl (C=O) groups excluding carboxylic acids is 1. The van der Waals surface area contributed by atoms with E-state index in [1.165, 1.54) is 12.3 Å². The molecule has 0 fully saturated rings. The molecule has 38 heavy (non-hydrogen) atoms. The summed E-state index contributed by atoms with van der Waals surface area (Å²) in [6.45, 7) is 2.02. The molecule has 0 aliphatic rings. The van der Waals surface area contributed by atoms with Crippen molar-refractivity contribution in [1.82, 2.24) is 9.99 Å². The molecule has 0 saturated heterocycles. The number of nitrogens with one attached hydrogen (secondary N) is 1. The van der Waals surface area contributed by atoms with Gasteiger partial charge in [-0.05, 0) is 61.0 Å². The number of para-hydroxylation sites is 1. The summed E-state index contributed by atoms with van der Waals surface area (Å²) < 4.78 is 13.1. The van der Waals surface area contributed by atoms with Gasteiger partial charge >= 0.3 is 5.69 Å². The van der Waals surface area contributed by atoms with E-state index in [0.29, 0.717) is 16.8 Å². The Hall–Kier alpha value is -5.52. The molecule has 12 nitrogen and oxygen atoms in total. The Morgan fingerprint density at radius 1 is 0.947 bits per heavy atom. The van der Waals surface area contributed by atoms with Gasteiger partial charge in [0.05, 0.1) is 40.0 Å². The molecule has 0 bridgehead atoms. The standard InChI is InChI=1S/C26H21N5O7/c1-2-37-25-15-18(9-11-24(25)38-23-12-10-19(30(33)34)16-22(23)31(35)36)17-27-28-26(32)20-7-3-4-8-21(20)29-13-5-6-14-29/h3-17H,2H2,1H3,(H,28,32)/b27-17+. The molecular formula is C26H21N5O7. The number of benzene rings is 3. The van der Waals surface area contributed by atoms with E-state index in [4.69, 9.17) is 9.47 Å². The molecule has 12 heteroatoms. The molecule has 4 aromatic rings. The molecule has 0 saturated carbocycles. The van der Waals surface area contributed by atoms with Crippen LogP contribution in [0.3, 0.4) is 0 Å². The third-order valence-corrected chi connectivity index (χ3v) is 5.25. The summed E-state index contributed by atoms with van der Waals surface area (Å²) in [5.74, 6) is -0.170. The van der Waals surface area contributed by atoms with Gasteiger partial charge in [-0.2, -0.15) is 5.10 Å². The number of rotatable bonds is 10. The molecule has 0 radical (unpaired) electrons. The normalized spacial score (nSPS) is 10.8. The summed E-state index contributed by atoms with van der Waals surface area (Å²) in [5.41, 5.74) is 3.20. The van der Waals surface area contributed by atoms with E-state index in [1.807, 2.05) is 41.2 Å². The maximum atomic E-state index is 12.8. The van der Waals surface area contributed by atoms with Crippen LogP contribution in [0.15, 0.2) is 90.3 Å². The minimum atomic E-state index is -0.763. The Bertz CT molecular complexity index is 1520. The molecule has 3 aromatic carbocycles. The third-order valence-electron chi connectivity index (χ3n) is 5.25. The number of nitrogens with zero attached hydrogens (tertiary/aromatic N) is 4. The van der Waals surface area contributed by atoms with Gasteiger partial charge in [0.15, 0.2) is 11.5 Å². The van der Waals surface area contributed by atoms with Crippen LogP contribution in [0.25, 0.3) is 5.69 Å². The van der Waals surface area contributed by atoms with Crippen LogP contribution < -0.4 is 14.9 Å². The first-order valence-electron chi connectivity index (χ1n) is 11.3. The number of hydrogen-bond acceptors (Lipinski definition) is 8. The lowest BCUT2D eigenvalue weighted by atomic mass is 10.1. The molecule has 1 heterocycles. The molecule has 0 unspecified atom stereocenters. The Morgan fingerprint density at radius 2 is 1.68 bits per heavy atom. The Morgan fingerprint density at radius 3 is 2.39 bits per heavy atom. The SMILES string of the molecule is CCOc1cc(/C=N/NC(=O)c2ccccc2-n2cccc2)ccc1Oc1ccc([N+](=O)[O-])cc1[N+](=O)[O-]. The molecule has 4 rings (SSSR count). The van der Waals surface area contributed by atoms with Gasteiger partial charge in [-0.3, -0.25) is 25.0 Å². The minimum absolute atomic E-state index is 0.158. The largest absolute Gasteiger partial charge is 0.490 e. The average molecular weight is 515 g/mol. The molecular weight excluding hydrogens is 494 g/mol. The molecule has 1 amide bonds. The number of nitro benzene ring substituents is 2. The van der Waals surface area contributed by atoms with Gasteiger partial charge in [-0.15, -0.1) is 0 Å². The number of hydrogen-bond donors (Lipinski definition) is 1. The van der Waals surface area contributed by atoms with Gasteiger partial charge in [0.25, 0.3) is 11.6 Å². The highest BCUT2D eigenvalue weighted by Gasteiger charge is 2.22. The second-order valence-corrected chi connectivity index (χ2v) is 7.71. The van der Waals surface area contributed by atoms with Crippen molar-refractivity contribution < 1.29 is 24.1 Å². The molecule has 1 N–H and O–H groups in total. The maximum Gasteiger partial charge on any atom is 0.318 e. The Balaban J connectivity index is 1.53. The predicted molar refractivity (Wildman–Crippen MR) is 138 cm³/mol. The highest BCUT2D eigenvalue weighted by Crippen LogP contribution is 2.38. The van der Waals surface area contributed by atoms with Crippen molar-refractivity contribution in [1.29, 1.82) is 0 Å². The van der Waals surface area contributed by atoms with Gasteiger partial charge in [0.1, 0.15) is 0 Å². The fourth-order valence-corrected chi connectivity index (χ4v) is 3.54. The predicted octanol–water partition coefficient (Wildman–Crippen LogP) is 5.25. The first-order chi connectivity index (χ1) is 18.4. The van der Waals surface area contributed by atoms with Crippen molar-refractivity contribution in [3.8, 4) is 22.9 Å². The number of non-ortho nitro benzene ring substituents is 1. The monoisotopic (exact) mass is 515 g/mol. The van der Waals surface area contributed by atoms with E-state index in [-0.39, 0.29) is 23.9 Å². The van der Waals surface area contributed by atoms with E-state index >= 15 is 0 Å². The molecule has 1 aromatic heterocycles. The zero-order valence-corrected chi connectivity index (χ0v) is 20.0.